The molecular weight excluding hydrogens is 240 g/mol. The lowest BCUT2D eigenvalue weighted by Crippen LogP contribution is -2.41. The van der Waals surface area contributed by atoms with Crippen molar-refractivity contribution in [3.05, 3.63) is 24.3 Å². The predicted molar refractivity (Wildman–Crippen MR) is 74.5 cm³/mol. The minimum absolute atomic E-state index is 0.0717. The van der Waals surface area contributed by atoms with Gasteiger partial charge in [-0.05, 0) is 50.4 Å². The van der Waals surface area contributed by atoms with Crippen molar-refractivity contribution in [2.24, 2.45) is 5.92 Å². The Morgan fingerprint density at radius 1 is 1.37 bits per heavy atom. The van der Waals surface area contributed by atoms with Crippen molar-refractivity contribution in [3.8, 4) is 5.75 Å². The van der Waals surface area contributed by atoms with Gasteiger partial charge in [-0.3, -0.25) is 4.79 Å². The summed E-state index contributed by atoms with van der Waals surface area (Å²) in [5, 5.41) is 3.42. The number of rotatable bonds is 3. The maximum Gasteiger partial charge on any atom is 0.265 e. The van der Waals surface area contributed by atoms with E-state index in [0.717, 1.165) is 37.5 Å². The van der Waals surface area contributed by atoms with Crippen LogP contribution in [0.3, 0.4) is 0 Å². The van der Waals surface area contributed by atoms with Crippen molar-refractivity contribution in [1.29, 1.82) is 0 Å². The number of hydrogen-bond donors (Lipinski definition) is 1. The Kier molecular flexibility index (Phi) is 3.69. The highest BCUT2D eigenvalue weighted by molar-refractivity contribution is 5.97. The van der Waals surface area contributed by atoms with E-state index in [0.29, 0.717) is 5.92 Å². The van der Waals surface area contributed by atoms with Crippen molar-refractivity contribution in [3.63, 3.8) is 0 Å². The van der Waals surface area contributed by atoms with Gasteiger partial charge in [-0.2, -0.15) is 0 Å². The molecular formula is C15H20N2O2. The summed E-state index contributed by atoms with van der Waals surface area (Å²) >= 11 is 0. The molecule has 1 unspecified atom stereocenters. The van der Waals surface area contributed by atoms with Crippen molar-refractivity contribution in [2.75, 3.05) is 31.1 Å². The minimum Gasteiger partial charge on any atom is -0.482 e. The van der Waals surface area contributed by atoms with Gasteiger partial charge < -0.3 is 15.0 Å². The molecule has 0 radical (unpaired) electrons. The van der Waals surface area contributed by atoms with Crippen molar-refractivity contribution in [2.45, 2.75) is 19.3 Å². The Morgan fingerprint density at radius 2 is 2.26 bits per heavy atom. The van der Waals surface area contributed by atoms with Gasteiger partial charge in [-0.15, -0.1) is 0 Å². The number of carbonyl (C=O) groups excluding carboxylic acids is 1. The molecule has 1 atom stereocenters. The van der Waals surface area contributed by atoms with E-state index in [1.54, 1.807) is 0 Å². The second-order valence-electron chi connectivity index (χ2n) is 5.30. The Bertz CT molecular complexity index is 455. The fourth-order valence-electron chi connectivity index (χ4n) is 2.88. The standard InChI is InChI=1S/C15H20N2O2/c18-15-11-19-14-6-2-1-5-13(14)17(15)9-7-12-4-3-8-16-10-12/h1-2,5-6,12,16H,3-4,7-11H2. The van der Waals surface area contributed by atoms with Crippen LogP contribution in [0.1, 0.15) is 19.3 Å². The highest BCUT2D eigenvalue weighted by Gasteiger charge is 2.25. The van der Waals surface area contributed by atoms with E-state index >= 15 is 0 Å². The minimum atomic E-state index is 0.0717. The molecule has 2 aliphatic heterocycles. The zero-order chi connectivity index (χ0) is 13.1. The lowest BCUT2D eigenvalue weighted by molar-refractivity contribution is -0.121. The Balaban J connectivity index is 1.67. The summed E-state index contributed by atoms with van der Waals surface area (Å²) < 4.78 is 5.45. The van der Waals surface area contributed by atoms with Crippen molar-refractivity contribution in [1.82, 2.24) is 5.32 Å². The summed E-state index contributed by atoms with van der Waals surface area (Å²) in [5.74, 6) is 1.59. The number of para-hydroxylation sites is 2. The first kappa shape index (κ1) is 12.5. The molecule has 1 N–H and O–H groups in total. The Hall–Kier alpha value is -1.55. The molecule has 4 heteroatoms. The molecule has 1 aromatic rings. The van der Waals surface area contributed by atoms with E-state index in [-0.39, 0.29) is 12.5 Å². The molecule has 0 saturated carbocycles. The zero-order valence-electron chi connectivity index (χ0n) is 11.1. The Labute approximate surface area is 113 Å². The van der Waals surface area contributed by atoms with Crippen LogP contribution in [-0.4, -0.2) is 32.1 Å². The van der Waals surface area contributed by atoms with Crippen LogP contribution in [0.4, 0.5) is 5.69 Å². The number of nitrogens with zero attached hydrogens (tertiary/aromatic N) is 1. The number of carbonyl (C=O) groups is 1. The van der Waals surface area contributed by atoms with E-state index in [4.69, 9.17) is 4.74 Å². The number of fused-ring (bicyclic) bond motifs is 1. The van der Waals surface area contributed by atoms with Gasteiger partial charge in [0.2, 0.25) is 0 Å². The molecule has 1 saturated heterocycles. The van der Waals surface area contributed by atoms with Gasteiger partial charge in [0.25, 0.3) is 5.91 Å². The zero-order valence-corrected chi connectivity index (χ0v) is 11.1. The van der Waals surface area contributed by atoms with Gasteiger partial charge >= 0.3 is 0 Å². The van der Waals surface area contributed by atoms with Gasteiger partial charge in [0.05, 0.1) is 5.69 Å². The van der Waals surface area contributed by atoms with Gasteiger partial charge in [0, 0.05) is 6.54 Å². The van der Waals surface area contributed by atoms with Gasteiger partial charge in [-0.1, -0.05) is 12.1 Å². The molecule has 1 amide bonds. The van der Waals surface area contributed by atoms with Crippen LogP contribution in [0.5, 0.6) is 5.75 Å². The summed E-state index contributed by atoms with van der Waals surface area (Å²) in [4.78, 5) is 13.9. The lowest BCUT2D eigenvalue weighted by Gasteiger charge is -2.31. The number of benzene rings is 1. The van der Waals surface area contributed by atoms with Crippen molar-refractivity contribution < 1.29 is 9.53 Å². The predicted octanol–water partition coefficient (Wildman–Crippen LogP) is 1.80. The van der Waals surface area contributed by atoms with Crippen LogP contribution in [0.25, 0.3) is 0 Å². The summed E-state index contributed by atoms with van der Waals surface area (Å²) in [5.41, 5.74) is 0.919. The molecule has 0 bridgehead atoms. The van der Waals surface area contributed by atoms with E-state index in [9.17, 15) is 4.79 Å². The van der Waals surface area contributed by atoms with Crippen LogP contribution < -0.4 is 15.0 Å². The second kappa shape index (κ2) is 5.61. The van der Waals surface area contributed by atoms with E-state index in [1.807, 2.05) is 29.2 Å². The molecule has 4 nitrogen and oxygen atoms in total. The summed E-state index contributed by atoms with van der Waals surface area (Å²) in [6.07, 6.45) is 3.58. The number of nitrogens with one attached hydrogen (secondary N) is 1. The maximum atomic E-state index is 12.0. The van der Waals surface area contributed by atoms with Crippen LogP contribution >= 0.6 is 0 Å². The lowest BCUT2D eigenvalue weighted by atomic mass is 9.96. The molecule has 2 heterocycles. The van der Waals surface area contributed by atoms with Gasteiger partial charge in [0.15, 0.2) is 6.61 Å². The molecule has 1 aromatic carbocycles. The van der Waals surface area contributed by atoms with Gasteiger partial charge in [-0.25, -0.2) is 0 Å². The van der Waals surface area contributed by atoms with Crippen molar-refractivity contribution >= 4 is 11.6 Å². The SMILES string of the molecule is O=C1COc2ccccc2N1CCC1CCCNC1. The molecule has 2 aliphatic rings. The number of hydrogen-bond acceptors (Lipinski definition) is 3. The average molecular weight is 260 g/mol. The van der Waals surface area contributed by atoms with Gasteiger partial charge in [0.1, 0.15) is 5.75 Å². The molecule has 102 valence electrons. The average Bonchev–Trinajstić information content (AvgIpc) is 2.47. The highest BCUT2D eigenvalue weighted by Crippen LogP contribution is 2.32. The maximum absolute atomic E-state index is 12.0. The second-order valence-corrected chi connectivity index (χ2v) is 5.30. The molecule has 19 heavy (non-hydrogen) atoms. The van der Waals surface area contributed by atoms with Crippen LogP contribution in [0, 0.1) is 5.92 Å². The largest absolute Gasteiger partial charge is 0.482 e. The number of amides is 1. The van der Waals surface area contributed by atoms with Crippen LogP contribution in [0.15, 0.2) is 24.3 Å². The fraction of sp³-hybridized carbons (Fsp3) is 0.533. The van der Waals surface area contributed by atoms with Crippen LogP contribution in [-0.2, 0) is 4.79 Å². The molecule has 3 rings (SSSR count). The topological polar surface area (TPSA) is 41.6 Å². The summed E-state index contributed by atoms with van der Waals surface area (Å²) in [6.45, 7) is 3.18. The van der Waals surface area contributed by atoms with E-state index < -0.39 is 0 Å². The van der Waals surface area contributed by atoms with Crippen LogP contribution in [0.2, 0.25) is 0 Å². The first-order valence-electron chi connectivity index (χ1n) is 7.07. The number of piperidine rings is 1. The number of ether oxygens (including phenoxy) is 1. The number of anilines is 1. The fourth-order valence-corrected chi connectivity index (χ4v) is 2.88. The normalized spacial score (nSPS) is 22.8. The third-order valence-corrected chi connectivity index (χ3v) is 3.97. The van der Waals surface area contributed by atoms with E-state index in [1.165, 1.54) is 12.8 Å². The molecule has 0 aromatic heterocycles. The summed E-state index contributed by atoms with van der Waals surface area (Å²) in [7, 11) is 0. The molecule has 0 spiro atoms. The first-order chi connectivity index (χ1) is 9.34. The monoisotopic (exact) mass is 260 g/mol. The first-order valence-corrected chi connectivity index (χ1v) is 7.07. The summed E-state index contributed by atoms with van der Waals surface area (Å²) in [6, 6.07) is 7.79. The Morgan fingerprint density at radius 3 is 3.11 bits per heavy atom. The smallest absolute Gasteiger partial charge is 0.265 e. The molecule has 0 aliphatic carbocycles. The molecule has 1 fully saturated rings. The highest BCUT2D eigenvalue weighted by atomic mass is 16.5. The van der Waals surface area contributed by atoms with E-state index in [2.05, 4.69) is 5.32 Å². The quantitative estimate of drug-likeness (QED) is 0.901. The third-order valence-electron chi connectivity index (χ3n) is 3.97. The third kappa shape index (κ3) is 2.73.